The number of primary amides is 1. The quantitative estimate of drug-likeness (QED) is 0.684. The van der Waals surface area contributed by atoms with Gasteiger partial charge in [0.15, 0.2) is 5.13 Å². The number of sulfonamides is 1. The van der Waals surface area contributed by atoms with Crippen molar-refractivity contribution >= 4 is 38.3 Å². The minimum atomic E-state index is -3.68. The Hall–Kier alpha value is -2.30. The Morgan fingerprint density at radius 1 is 1.28 bits per heavy atom. The Bertz CT molecular complexity index is 935. The summed E-state index contributed by atoms with van der Waals surface area (Å²) in [4.78, 5) is 27.5. The molecule has 0 saturated carbocycles. The molecular formula is C15H18N4O4S2. The maximum Gasteiger partial charge on any atom is 0.257 e. The summed E-state index contributed by atoms with van der Waals surface area (Å²) in [5, 5.41) is 4.52. The first-order chi connectivity index (χ1) is 11.6. The summed E-state index contributed by atoms with van der Waals surface area (Å²) in [7, 11) is -2.37. The maximum atomic E-state index is 12.4. The molecule has 1 aromatic carbocycles. The molecule has 0 spiro atoms. The van der Waals surface area contributed by atoms with Crippen LogP contribution in [0, 0.1) is 13.8 Å². The van der Waals surface area contributed by atoms with Crippen molar-refractivity contribution in [1.29, 1.82) is 0 Å². The summed E-state index contributed by atoms with van der Waals surface area (Å²) >= 11 is 1.15. The van der Waals surface area contributed by atoms with E-state index < -0.39 is 21.8 Å². The van der Waals surface area contributed by atoms with Gasteiger partial charge in [0.05, 0.1) is 17.0 Å². The standard InChI is InChI=1S/C15H18N4O4S2/c1-8-4-10(5-12(9(8)2)25(22,23)17-3)14(21)19-15-18-11(7-24-15)6-13(16)20/h4-5,7,17H,6H2,1-3H3,(H2,16,20)(H,18,19,21). The van der Waals surface area contributed by atoms with Gasteiger partial charge < -0.3 is 5.73 Å². The van der Waals surface area contributed by atoms with E-state index in [0.29, 0.717) is 22.0 Å². The molecule has 1 aromatic heterocycles. The van der Waals surface area contributed by atoms with Crippen LogP contribution in [0.2, 0.25) is 0 Å². The first-order valence-electron chi connectivity index (χ1n) is 7.23. The Labute approximate surface area is 149 Å². The fourth-order valence-electron chi connectivity index (χ4n) is 2.14. The molecule has 134 valence electrons. The van der Waals surface area contributed by atoms with E-state index >= 15 is 0 Å². The number of nitrogens with one attached hydrogen (secondary N) is 2. The lowest BCUT2D eigenvalue weighted by Crippen LogP contribution is -2.21. The zero-order valence-corrected chi connectivity index (χ0v) is 15.5. The summed E-state index contributed by atoms with van der Waals surface area (Å²) in [5.41, 5.74) is 7.01. The third kappa shape index (κ3) is 4.41. The summed E-state index contributed by atoms with van der Waals surface area (Å²) < 4.78 is 26.5. The normalized spacial score (nSPS) is 11.3. The fourth-order valence-corrected chi connectivity index (χ4v) is 3.91. The molecule has 0 bridgehead atoms. The van der Waals surface area contributed by atoms with Crippen LogP contribution < -0.4 is 15.8 Å². The van der Waals surface area contributed by atoms with Crippen molar-refractivity contribution in [2.24, 2.45) is 5.73 Å². The van der Waals surface area contributed by atoms with Crippen molar-refractivity contribution in [3.63, 3.8) is 0 Å². The number of hydrogen-bond donors (Lipinski definition) is 3. The summed E-state index contributed by atoms with van der Waals surface area (Å²) in [6.45, 7) is 3.41. The highest BCUT2D eigenvalue weighted by atomic mass is 32.2. The van der Waals surface area contributed by atoms with E-state index in [1.54, 1.807) is 25.3 Å². The van der Waals surface area contributed by atoms with E-state index in [1.165, 1.54) is 13.1 Å². The molecule has 0 saturated heterocycles. The van der Waals surface area contributed by atoms with Gasteiger partial charge in [0.25, 0.3) is 5.91 Å². The van der Waals surface area contributed by atoms with Crippen molar-refractivity contribution in [3.8, 4) is 0 Å². The molecule has 25 heavy (non-hydrogen) atoms. The number of anilines is 1. The second-order valence-corrected chi connectivity index (χ2v) is 8.08. The molecule has 0 aliphatic carbocycles. The van der Waals surface area contributed by atoms with Crippen molar-refractivity contribution in [3.05, 3.63) is 39.9 Å². The molecule has 0 aliphatic rings. The van der Waals surface area contributed by atoms with Gasteiger partial charge in [0.1, 0.15) is 0 Å². The van der Waals surface area contributed by atoms with Crippen molar-refractivity contribution < 1.29 is 18.0 Å². The van der Waals surface area contributed by atoms with Crippen LogP contribution in [0.25, 0.3) is 0 Å². The van der Waals surface area contributed by atoms with Gasteiger partial charge in [0, 0.05) is 10.9 Å². The zero-order chi connectivity index (χ0) is 18.8. The largest absolute Gasteiger partial charge is 0.369 e. The van der Waals surface area contributed by atoms with Crippen molar-refractivity contribution in [1.82, 2.24) is 9.71 Å². The topological polar surface area (TPSA) is 131 Å². The van der Waals surface area contributed by atoms with Crippen LogP contribution in [0.1, 0.15) is 27.2 Å². The number of rotatable bonds is 6. The van der Waals surface area contributed by atoms with E-state index in [-0.39, 0.29) is 16.9 Å². The van der Waals surface area contributed by atoms with Gasteiger partial charge in [-0.05, 0) is 44.2 Å². The van der Waals surface area contributed by atoms with Gasteiger partial charge in [-0.1, -0.05) is 0 Å². The highest BCUT2D eigenvalue weighted by molar-refractivity contribution is 7.89. The van der Waals surface area contributed by atoms with Crippen molar-refractivity contribution in [2.75, 3.05) is 12.4 Å². The van der Waals surface area contributed by atoms with Gasteiger partial charge >= 0.3 is 0 Å². The molecule has 1 heterocycles. The van der Waals surface area contributed by atoms with Crippen LogP contribution in [-0.4, -0.2) is 32.3 Å². The SMILES string of the molecule is CNS(=O)(=O)c1cc(C(=O)Nc2nc(CC(N)=O)cs2)cc(C)c1C. The van der Waals surface area contributed by atoms with Crippen LogP contribution in [-0.2, 0) is 21.2 Å². The molecule has 10 heteroatoms. The Balaban J connectivity index is 2.31. The number of carbonyl (C=O) groups is 2. The third-order valence-corrected chi connectivity index (χ3v) is 5.91. The fraction of sp³-hybridized carbons (Fsp3) is 0.267. The van der Waals surface area contributed by atoms with Crippen LogP contribution >= 0.6 is 11.3 Å². The smallest absolute Gasteiger partial charge is 0.257 e. The van der Waals surface area contributed by atoms with E-state index in [4.69, 9.17) is 5.73 Å². The lowest BCUT2D eigenvalue weighted by atomic mass is 10.1. The molecular weight excluding hydrogens is 364 g/mol. The minimum absolute atomic E-state index is 0.0133. The molecule has 8 nitrogen and oxygen atoms in total. The molecule has 0 unspecified atom stereocenters. The molecule has 2 amide bonds. The number of aryl methyl sites for hydroxylation is 1. The number of aromatic nitrogens is 1. The monoisotopic (exact) mass is 382 g/mol. The van der Waals surface area contributed by atoms with E-state index in [1.807, 2.05) is 0 Å². The van der Waals surface area contributed by atoms with Gasteiger partial charge in [0.2, 0.25) is 15.9 Å². The number of nitrogens with two attached hydrogens (primary N) is 1. The van der Waals surface area contributed by atoms with E-state index in [2.05, 4.69) is 15.0 Å². The second-order valence-electron chi connectivity index (χ2n) is 5.37. The van der Waals surface area contributed by atoms with E-state index in [0.717, 1.165) is 11.3 Å². The first kappa shape index (κ1) is 19.0. The number of thiazole rings is 1. The van der Waals surface area contributed by atoms with Gasteiger partial charge in [-0.25, -0.2) is 18.1 Å². The molecule has 2 aromatic rings. The molecule has 4 N–H and O–H groups in total. The number of amides is 2. The van der Waals surface area contributed by atoms with Gasteiger partial charge in [-0.15, -0.1) is 11.3 Å². The lowest BCUT2D eigenvalue weighted by molar-refractivity contribution is -0.117. The second kappa shape index (κ2) is 7.30. The minimum Gasteiger partial charge on any atom is -0.369 e. The summed E-state index contributed by atoms with van der Waals surface area (Å²) in [6, 6.07) is 2.93. The predicted molar refractivity (Wildman–Crippen MR) is 95.1 cm³/mol. The Morgan fingerprint density at radius 2 is 1.96 bits per heavy atom. The van der Waals surface area contributed by atoms with Crippen molar-refractivity contribution in [2.45, 2.75) is 25.2 Å². The van der Waals surface area contributed by atoms with E-state index in [9.17, 15) is 18.0 Å². The van der Waals surface area contributed by atoms with Gasteiger partial charge in [-0.2, -0.15) is 0 Å². The summed E-state index contributed by atoms with van der Waals surface area (Å²) in [5.74, 6) is -1.00. The number of nitrogens with zero attached hydrogens (tertiary/aromatic N) is 1. The molecule has 2 rings (SSSR count). The highest BCUT2D eigenvalue weighted by Gasteiger charge is 2.20. The van der Waals surface area contributed by atoms with Crippen LogP contribution in [0.4, 0.5) is 5.13 Å². The Morgan fingerprint density at radius 3 is 2.56 bits per heavy atom. The van der Waals surface area contributed by atoms with Crippen LogP contribution in [0.3, 0.4) is 0 Å². The highest BCUT2D eigenvalue weighted by Crippen LogP contribution is 2.22. The summed E-state index contributed by atoms with van der Waals surface area (Å²) in [6.07, 6.45) is -0.0133. The number of hydrogen-bond acceptors (Lipinski definition) is 6. The molecule has 0 fully saturated rings. The number of benzene rings is 1. The molecule has 0 aliphatic heterocycles. The average Bonchev–Trinajstić information content (AvgIpc) is 2.95. The zero-order valence-electron chi connectivity index (χ0n) is 13.9. The molecule has 0 radical (unpaired) electrons. The van der Waals surface area contributed by atoms with Crippen LogP contribution in [0.15, 0.2) is 22.4 Å². The van der Waals surface area contributed by atoms with Crippen LogP contribution in [0.5, 0.6) is 0 Å². The molecule has 0 atom stereocenters. The average molecular weight is 382 g/mol. The third-order valence-electron chi connectivity index (χ3n) is 3.57. The number of carbonyl (C=O) groups excluding carboxylic acids is 2. The maximum absolute atomic E-state index is 12.4. The Kier molecular flexibility index (Phi) is 5.55. The lowest BCUT2D eigenvalue weighted by Gasteiger charge is -2.12. The first-order valence-corrected chi connectivity index (χ1v) is 9.59. The van der Waals surface area contributed by atoms with Gasteiger partial charge in [-0.3, -0.25) is 14.9 Å². The predicted octanol–water partition coefficient (Wildman–Crippen LogP) is 0.948.